The first kappa shape index (κ1) is 14.1. The number of aromatic nitrogens is 2. The molecule has 1 heterocycles. The number of benzene rings is 1. The Labute approximate surface area is 127 Å². The van der Waals surface area contributed by atoms with Crippen molar-refractivity contribution in [2.75, 3.05) is 0 Å². The number of hydrogen-bond acceptors (Lipinski definition) is 4. The summed E-state index contributed by atoms with van der Waals surface area (Å²) < 4.78 is 1.40. The van der Waals surface area contributed by atoms with E-state index in [0.717, 1.165) is 17.5 Å². The van der Waals surface area contributed by atoms with Crippen molar-refractivity contribution in [3.05, 3.63) is 63.7 Å². The van der Waals surface area contributed by atoms with Gasteiger partial charge in [0.05, 0.1) is 17.3 Å². The third kappa shape index (κ3) is 2.40. The van der Waals surface area contributed by atoms with Crippen LogP contribution in [0, 0.1) is 16.7 Å². The first-order chi connectivity index (χ1) is 10.4. The lowest BCUT2D eigenvalue weighted by Gasteiger charge is -2.30. The number of nitriles is 1. The standard InChI is InChI=1S/C17H15N3O2/c1-17(2)8-12-4-3-11(10-18)7-13(12)14(9-17)20-6-5-15(21)19-16(20)22/h3-7,9H,8H2,1-2H3,(H,19,21,22). The van der Waals surface area contributed by atoms with Crippen molar-refractivity contribution < 1.29 is 5.11 Å². The van der Waals surface area contributed by atoms with Crippen LogP contribution < -0.4 is 5.69 Å². The van der Waals surface area contributed by atoms with Crippen LogP contribution in [0.25, 0.3) is 5.70 Å². The average molecular weight is 293 g/mol. The summed E-state index contributed by atoms with van der Waals surface area (Å²) in [7, 11) is 0. The van der Waals surface area contributed by atoms with Crippen LogP contribution in [0.5, 0.6) is 5.88 Å². The van der Waals surface area contributed by atoms with Crippen molar-refractivity contribution in [1.29, 1.82) is 5.26 Å². The summed E-state index contributed by atoms with van der Waals surface area (Å²) in [5, 5.41) is 18.4. The van der Waals surface area contributed by atoms with Crippen LogP contribution in [0.2, 0.25) is 0 Å². The highest BCUT2D eigenvalue weighted by molar-refractivity contribution is 5.72. The Kier molecular flexibility index (Phi) is 3.10. The summed E-state index contributed by atoms with van der Waals surface area (Å²) in [5.74, 6) is -0.303. The first-order valence-corrected chi connectivity index (χ1v) is 6.95. The molecule has 0 amide bonds. The SMILES string of the molecule is CC1(C)C=C(n2ccc(O)nc2=O)c2cc(C#N)ccc2C1. The molecule has 1 aliphatic carbocycles. The molecule has 1 aromatic carbocycles. The third-order valence-electron chi connectivity index (χ3n) is 3.74. The predicted octanol–water partition coefficient (Wildman–Crippen LogP) is 2.29. The highest BCUT2D eigenvalue weighted by Gasteiger charge is 2.27. The van der Waals surface area contributed by atoms with E-state index in [4.69, 9.17) is 5.26 Å². The van der Waals surface area contributed by atoms with Crippen LogP contribution in [-0.4, -0.2) is 14.7 Å². The molecule has 1 N–H and O–H groups in total. The average Bonchev–Trinajstić information content (AvgIpc) is 2.45. The molecule has 0 radical (unpaired) electrons. The maximum Gasteiger partial charge on any atom is 0.355 e. The molecule has 0 fully saturated rings. The van der Waals surface area contributed by atoms with Crippen molar-refractivity contribution in [3.63, 3.8) is 0 Å². The van der Waals surface area contributed by atoms with Gasteiger partial charge in [0.15, 0.2) is 0 Å². The van der Waals surface area contributed by atoms with Gasteiger partial charge < -0.3 is 5.11 Å². The van der Waals surface area contributed by atoms with E-state index in [1.165, 1.54) is 16.8 Å². The second-order valence-corrected chi connectivity index (χ2v) is 6.12. The number of hydrogen-bond donors (Lipinski definition) is 1. The highest BCUT2D eigenvalue weighted by atomic mass is 16.3. The molecule has 3 rings (SSSR count). The molecule has 0 unspecified atom stereocenters. The summed E-state index contributed by atoms with van der Waals surface area (Å²) in [4.78, 5) is 15.7. The van der Waals surface area contributed by atoms with E-state index in [9.17, 15) is 9.90 Å². The Morgan fingerprint density at radius 3 is 2.82 bits per heavy atom. The van der Waals surface area contributed by atoms with Gasteiger partial charge in [-0.15, -0.1) is 0 Å². The number of allylic oxidation sites excluding steroid dienone is 1. The topological polar surface area (TPSA) is 78.9 Å². The van der Waals surface area contributed by atoms with Crippen LogP contribution >= 0.6 is 0 Å². The summed E-state index contributed by atoms with van der Waals surface area (Å²) in [6, 6.07) is 9.00. The Hall–Kier alpha value is -2.87. The summed E-state index contributed by atoms with van der Waals surface area (Å²) in [6.45, 7) is 4.18. The van der Waals surface area contributed by atoms with Gasteiger partial charge in [-0.05, 0) is 29.5 Å². The van der Waals surface area contributed by atoms with E-state index < -0.39 is 5.69 Å². The van der Waals surface area contributed by atoms with E-state index in [-0.39, 0.29) is 11.3 Å². The van der Waals surface area contributed by atoms with E-state index in [1.54, 1.807) is 12.1 Å². The van der Waals surface area contributed by atoms with Gasteiger partial charge in [0.2, 0.25) is 5.88 Å². The van der Waals surface area contributed by atoms with Gasteiger partial charge in [0.25, 0.3) is 0 Å². The molecule has 0 bridgehead atoms. The van der Waals surface area contributed by atoms with Crippen LogP contribution in [0.1, 0.15) is 30.5 Å². The van der Waals surface area contributed by atoms with Crippen molar-refractivity contribution in [2.24, 2.45) is 5.41 Å². The quantitative estimate of drug-likeness (QED) is 0.875. The van der Waals surface area contributed by atoms with Crippen molar-refractivity contribution in [3.8, 4) is 11.9 Å². The highest BCUT2D eigenvalue weighted by Crippen LogP contribution is 2.37. The second kappa shape index (κ2) is 4.85. The molecule has 22 heavy (non-hydrogen) atoms. The maximum atomic E-state index is 12.1. The molecule has 0 spiro atoms. The smallest absolute Gasteiger partial charge is 0.355 e. The lowest BCUT2D eigenvalue weighted by atomic mass is 9.77. The Balaban J connectivity index is 2.27. The van der Waals surface area contributed by atoms with Gasteiger partial charge in [-0.1, -0.05) is 26.0 Å². The minimum Gasteiger partial charge on any atom is -0.493 e. The molecule has 5 nitrogen and oxygen atoms in total. The number of aromatic hydroxyl groups is 1. The largest absolute Gasteiger partial charge is 0.493 e. The molecule has 0 saturated heterocycles. The minimum absolute atomic E-state index is 0.117. The summed E-state index contributed by atoms with van der Waals surface area (Å²) in [5.41, 5.74) is 2.52. The van der Waals surface area contributed by atoms with Gasteiger partial charge in [0, 0.05) is 17.8 Å². The molecular formula is C17H15N3O2. The lowest BCUT2D eigenvalue weighted by molar-refractivity contribution is 0.447. The van der Waals surface area contributed by atoms with Crippen LogP contribution in [-0.2, 0) is 6.42 Å². The molecule has 5 heteroatoms. The lowest BCUT2D eigenvalue weighted by Crippen LogP contribution is -2.27. The van der Waals surface area contributed by atoms with Gasteiger partial charge in [-0.25, -0.2) is 4.79 Å². The van der Waals surface area contributed by atoms with Gasteiger partial charge in [-0.3, -0.25) is 4.57 Å². The second-order valence-electron chi connectivity index (χ2n) is 6.12. The molecule has 0 atom stereocenters. The van der Waals surface area contributed by atoms with E-state index in [2.05, 4.69) is 24.9 Å². The summed E-state index contributed by atoms with van der Waals surface area (Å²) in [6.07, 6.45) is 4.34. The van der Waals surface area contributed by atoms with E-state index in [1.807, 2.05) is 12.1 Å². The number of nitrogens with zero attached hydrogens (tertiary/aromatic N) is 3. The molecule has 1 aromatic heterocycles. The molecule has 0 saturated carbocycles. The maximum absolute atomic E-state index is 12.1. The monoisotopic (exact) mass is 293 g/mol. The molecule has 110 valence electrons. The van der Waals surface area contributed by atoms with Crippen LogP contribution in [0.15, 0.2) is 41.3 Å². The minimum atomic E-state index is -0.544. The van der Waals surface area contributed by atoms with Gasteiger partial charge in [0.1, 0.15) is 0 Å². The number of rotatable bonds is 1. The van der Waals surface area contributed by atoms with E-state index >= 15 is 0 Å². The van der Waals surface area contributed by atoms with Crippen LogP contribution in [0.4, 0.5) is 0 Å². The molecule has 1 aliphatic rings. The fraction of sp³-hybridized carbons (Fsp3) is 0.235. The summed E-state index contributed by atoms with van der Waals surface area (Å²) >= 11 is 0. The zero-order chi connectivity index (χ0) is 15.9. The Morgan fingerprint density at radius 2 is 2.14 bits per heavy atom. The van der Waals surface area contributed by atoms with Crippen molar-refractivity contribution in [2.45, 2.75) is 20.3 Å². The fourth-order valence-corrected chi connectivity index (χ4v) is 2.81. The molecule has 2 aromatic rings. The first-order valence-electron chi connectivity index (χ1n) is 6.95. The predicted molar refractivity (Wildman–Crippen MR) is 82.2 cm³/mol. The van der Waals surface area contributed by atoms with Crippen molar-refractivity contribution >= 4 is 5.70 Å². The normalized spacial score (nSPS) is 15.6. The number of fused-ring (bicyclic) bond motifs is 1. The zero-order valence-corrected chi connectivity index (χ0v) is 12.4. The third-order valence-corrected chi connectivity index (χ3v) is 3.74. The van der Waals surface area contributed by atoms with Gasteiger partial charge >= 0.3 is 5.69 Å². The van der Waals surface area contributed by atoms with Crippen LogP contribution in [0.3, 0.4) is 0 Å². The Bertz CT molecular complexity index is 886. The van der Waals surface area contributed by atoms with Gasteiger partial charge in [-0.2, -0.15) is 10.2 Å². The van der Waals surface area contributed by atoms with Crippen molar-refractivity contribution in [1.82, 2.24) is 9.55 Å². The fourth-order valence-electron chi connectivity index (χ4n) is 2.81. The van der Waals surface area contributed by atoms with E-state index in [0.29, 0.717) is 11.3 Å². The zero-order valence-electron chi connectivity index (χ0n) is 12.4. The molecule has 0 aliphatic heterocycles. The Morgan fingerprint density at radius 1 is 1.36 bits per heavy atom. The molecular weight excluding hydrogens is 278 g/mol.